The van der Waals surface area contributed by atoms with Gasteiger partial charge in [0.15, 0.2) is 0 Å². The SMILES string of the molecule is CC#CC=CC1=CC=C(C)CC1. The van der Waals surface area contributed by atoms with E-state index < -0.39 is 0 Å². The average molecular weight is 158 g/mol. The van der Waals surface area contributed by atoms with Gasteiger partial charge in [0.2, 0.25) is 0 Å². The molecule has 1 aliphatic carbocycles. The van der Waals surface area contributed by atoms with Gasteiger partial charge in [-0.3, -0.25) is 0 Å². The molecule has 0 saturated heterocycles. The molecule has 12 heavy (non-hydrogen) atoms. The fourth-order valence-electron chi connectivity index (χ4n) is 1.13. The van der Waals surface area contributed by atoms with Crippen LogP contribution in [0.1, 0.15) is 26.7 Å². The van der Waals surface area contributed by atoms with Crippen LogP contribution in [-0.2, 0) is 0 Å². The van der Waals surface area contributed by atoms with Crippen LogP contribution in [0, 0.1) is 11.8 Å². The first kappa shape index (κ1) is 8.87. The Morgan fingerprint density at radius 1 is 1.33 bits per heavy atom. The Balaban J connectivity index is 2.58. The second kappa shape index (κ2) is 4.62. The van der Waals surface area contributed by atoms with E-state index in [1.165, 1.54) is 17.6 Å². The lowest BCUT2D eigenvalue weighted by molar-refractivity contribution is 0.928. The molecule has 0 heterocycles. The third kappa shape index (κ3) is 2.80. The number of rotatable bonds is 1. The topological polar surface area (TPSA) is 0 Å². The van der Waals surface area contributed by atoms with Gasteiger partial charge in [0.05, 0.1) is 0 Å². The molecule has 0 amide bonds. The Bertz CT molecular complexity index is 290. The molecule has 0 spiro atoms. The summed E-state index contributed by atoms with van der Waals surface area (Å²) in [5.41, 5.74) is 2.84. The van der Waals surface area contributed by atoms with E-state index in [2.05, 4.69) is 37.0 Å². The van der Waals surface area contributed by atoms with Gasteiger partial charge in [0.1, 0.15) is 0 Å². The van der Waals surface area contributed by atoms with Crippen molar-refractivity contribution in [1.82, 2.24) is 0 Å². The molecule has 0 N–H and O–H groups in total. The molecule has 0 radical (unpaired) electrons. The van der Waals surface area contributed by atoms with Crippen LogP contribution in [0.2, 0.25) is 0 Å². The third-order valence-corrected chi connectivity index (χ3v) is 1.92. The van der Waals surface area contributed by atoms with Crippen LogP contribution in [0.25, 0.3) is 0 Å². The van der Waals surface area contributed by atoms with Crippen LogP contribution in [0.4, 0.5) is 0 Å². The summed E-state index contributed by atoms with van der Waals surface area (Å²) in [5, 5.41) is 0. The molecule has 0 atom stereocenters. The van der Waals surface area contributed by atoms with E-state index >= 15 is 0 Å². The van der Waals surface area contributed by atoms with Crippen molar-refractivity contribution in [3.05, 3.63) is 35.5 Å². The van der Waals surface area contributed by atoms with Crippen LogP contribution >= 0.6 is 0 Å². The lowest BCUT2D eigenvalue weighted by Crippen LogP contribution is -1.87. The van der Waals surface area contributed by atoms with E-state index in [1.54, 1.807) is 0 Å². The highest BCUT2D eigenvalue weighted by molar-refractivity contribution is 5.33. The molecule has 62 valence electrons. The second-order valence-corrected chi connectivity index (χ2v) is 2.98. The minimum atomic E-state index is 1.16. The summed E-state index contributed by atoms with van der Waals surface area (Å²) in [6, 6.07) is 0. The lowest BCUT2D eigenvalue weighted by Gasteiger charge is -2.06. The van der Waals surface area contributed by atoms with Crippen LogP contribution in [0.15, 0.2) is 35.5 Å². The molecular weight excluding hydrogens is 144 g/mol. The summed E-state index contributed by atoms with van der Waals surface area (Å²) in [5.74, 6) is 5.75. The third-order valence-electron chi connectivity index (χ3n) is 1.92. The molecule has 0 aromatic heterocycles. The first-order chi connectivity index (χ1) is 5.83. The molecule has 0 fully saturated rings. The molecule has 0 unspecified atom stereocenters. The maximum Gasteiger partial charge on any atom is -0.00235 e. The predicted molar refractivity (Wildman–Crippen MR) is 53.7 cm³/mol. The van der Waals surface area contributed by atoms with Gasteiger partial charge in [0, 0.05) is 0 Å². The molecule has 1 rings (SSSR count). The molecule has 0 saturated carbocycles. The van der Waals surface area contributed by atoms with E-state index in [0.717, 1.165) is 6.42 Å². The minimum Gasteiger partial charge on any atom is -0.102 e. The van der Waals surface area contributed by atoms with E-state index in [4.69, 9.17) is 0 Å². The molecule has 0 heteroatoms. The quantitative estimate of drug-likeness (QED) is 0.514. The van der Waals surface area contributed by atoms with Crippen molar-refractivity contribution < 1.29 is 0 Å². The number of allylic oxidation sites excluding steroid dienone is 6. The van der Waals surface area contributed by atoms with Gasteiger partial charge in [0.25, 0.3) is 0 Å². The standard InChI is InChI=1S/C12H14/c1-3-4-5-6-12-9-7-11(2)8-10-12/h5-7,9H,8,10H2,1-2H3. The zero-order chi connectivity index (χ0) is 8.81. The summed E-state index contributed by atoms with van der Waals surface area (Å²) in [6.07, 6.45) is 10.7. The van der Waals surface area contributed by atoms with Gasteiger partial charge in [-0.05, 0) is 38.3 Å². The van der Waals surface area contributed by atoms with Gasteiger partial charge >= 0.3 is 0 Å². The Hall–Kier alpha value is -1.22. The molecule has 1 aliphatic rings. The van der Waals surface area contributed by atoms with E-state index in [0.29, 0.717) is 0 Å². The molecule has 0 bridgehead atoms. The average Bonchev–Trinajstić information content (AvgIpc) is 2.09. The zero-order valence-electron chi connectivity index (χ0n) is 7.72. The fraction of sp³-hybridized carbons (Fsp3) is 0.333. The highest BCUT2D eigenvalue weighted by Gasteiger charge is 1.98. The normalized spacial score (nSPS) is 16.5. The minimum absolute atomic E-state index is 1.16. The van der Waals surface area contributed by atoms with Crippen molar-refractivity contribution in [3.63, 3.8) is 0 Å². The Morgan fingerprint density at radius 3 is 2.75 bits per heavy atom. The van der Waals surface area contributed by atoms with E-state index in [-0.39, 0.29) is 0 Å². The highest BCUT2D eigenvalue weighted by atomic mass is 14.0. The molecular formula is C12H14. The van der Waals surface area contributed by atoms with Crippen molar-refractivity contribution in [2.24, 2.45) is 0 Å². The van der Waals surface area contributed by atoms with Crippen molar-refractivity contribution >= 4 is 0 Å². The Labute approximate surface area is 74.7 Å². The van der Waals surface area contributed by atoms with Gasteiger partial charge < -0.3 is 0 Å². The summed E-state index contributed by atoms with van der Waals surface area (Å²) < 4.78 is 0. The number of hydrogen-bond donors (Lipinski definition) is 0. The second-order valence-electron chi connectivity index (χ2n) is 2.98. The molecule has 0 aromatic rings. The fourth-order valence-corrected chi connectivity index (χ4v) is 1.13. The van der Waals surface area contributed by atoms with Crippen LogP contribution in [0.5, 0.6) is 0 Å². The van der Waals surface area contributed by atoms with Crippen molar-refractivity contribution in [2.45, 2.75) is 26.7 Å². The first-order valence-corrected chi connectivity index (χ1v) is 4.28. The van der Waals surface area contributed by atoms with Gasteiger partial charge in [-0.25, -0.2) is 0 Å². The summed E-state index contributed by atoms with van der Waals surface area (Å²) in [7, 11) is 0. The number of hydrogen-bond acceptors (Lipinski definition) is 0. The van der Waals surface area contributed by atoms with Gasteiger partial charge in [-0.15, -0.1) is 5.92 Å². The zero-order valence-corrected chi connectivity index (χ0v) is 7.72. The molecule has 0 nitrogen and oxygen atoms in total. The largest absolute Gasteiger partial charge is 0.102 e. The molecule has 0 aromatic carbocycles. The van der Waals surface area contributed by atoms with Gasteiger partial charge in [-0.2, -0.15) is 0 Å². The monoisotopic (exact) mass is 158 g/mol. The van der Waals surface area contributed by atoms with Crippen molar-refractivity contribution in [3.8, 4) is 11.8 Å². The van der Waals surface area contributed by atoms with Crippen LogP contribution in [0.3, 0.4) is 0 Å². The van der Waals surface area contributed by atoms with Gasteiger partial charge in [-0.1, -0.05) is 29.7 Å². The smallest absolute Gasteiger partial charge is 0.00235 e. The first-order valence-electron chi connectivity index (χ1n) is 4.28. The summed E-state index contributed by atoms with van der Waals surface area (Å²) >= 11 is 0. The summed E-state index contributed by atoms with van der Waals surface area (Å²) in [4.78, 5) is 0. The van der Waals surface area contributed by atoms with Crippen molar-refractivity contribution in [2.75, 3.05) is 0 Å². The Morgan fingerprint density at radius 2 is 2.17 bits per heavy atom. The Kier molecular flexibility index (Phi) is 3.41. The summed E-state index contributed by atoms with van der Waals surface area (Å²) in [6.45, 7) is 4.02. The maximum atomic E-state index is 2.91. The molecule has 0 aliphatic heterocycles. The van der Waals surface area contributed by atoms with E-state index in [1.807, 2.05) is 13.0 Å². The predicted octanol–water partition coefficient (Wildman–Crippen LogP) is 3.23. The van der Waals surface area contributed by atoms with E-state index in [9.17, 15) is 0 Å². The van der Waals surface area contributed by atoms with Crippen LogP contribution in [-0.4, -0.2) is 0 Å². The highest BCUT2D eigenvalue weighted by Crippen LogP contribution is 2.18. The lowest BCUT2D eigenvalue weighted by atomic mass is 9.99. The van der Waals surface area contributed by atoms with Crippen molar-refractivity contribution in [1.29, 1.82) is 0 Å². The van der Waals surface area contributed by atoms with Crippen LogP contribution < -0.4 is 0 Å². The maximum absolute atomic E-state index is 2.91.